The Balaban J connectivity index is 1.42. The number of hydrogen-bond acceptors (Lipinski definition) is 7. The summed E-state index contributed by atoms with van der Waals surface area (Å²) < 4.78 is 15.9. The minimum absolute atomic E-state index is 0.127. The lowest BCUT2D eigenvalue weighted by Crippen LogP contribution is -2.39. The van der Waals surface area contributed by atoms with Crippen LogP contribution in [0.15, 0.2) is 30.3 Å². The van der Waals surface area contributed by atoms with Crippen LogP contribution < -0.4 is 16.0 Å². The zero-order valence-electron chi connectivity index (χ0n) is 20.8. The largest absolute Gasteiger partial charge is 0.373 e. The molecule has 2 aromatic rings. The van der Waals surface area contributed by atoms with Gasteiger partial charge in [0.1, 0.15) is 0 Å². The lowest BCUT2D eigenvalue weighted by Gasteiger charge is -2.37. The average molecular weight is 486 g/mol. The summed E-state index contributed by atoms with van der Waals surface area (Å²) in [5.74, 6) is 3.14. The molecule has 1 aromatic carbocycles. The number of anilines is 2. The minimum Gasteiger partial charge on any atom is -0.373 e. The summed E-state index contributed by atoms with van der Waals surface area (Å²) in [4.78, 5) is 2.42. The van der Waals surface area contributed by atoms with Crippen LogP contribution in [0.1, 0.15) is 82.8 Å². The monoisotopic (exact) mass is 485 g/mol. The summed E-state index contributed by atoms with van der Waals surface area (Å²) in [6.07, 6.45) is 12.6. The van der Waals surface area contributed by atoms with E-state index < -0.39 is 0 Å². The van der Waals surface area contributed by atoms with Gasteiger partial charge < -0.3 is 20.7 Å². The average Bonchev–Trinajstić information content (AvgIpc) is 3.35. The fourth-order valence-electron chi connectivity index (χ4n) is 5.67. The highest BCUT2D eigenvalue weighted by Gasteiger charge is 2.31. The van der Waals surface area contributed by atoms with Crippen molar-refractivity contribution in [3.8, 4) is 0 Å². The summed E-state index contributed by atoms with van der Waals surface area (Å²) in [5, 5.41) is 3.68. The molecule has 3 N–H and O–H groups in total. The third-order valence-corrected chi connectivity index (χ3v) is 8.07. The number of hydrogen-bond donors (Lipinski definition) is 2. The zero-order valence-corrected chi connectivity index (χ0v) is 21.6. The number of ether oxygens (including phenoxy) is 1. The molecule has 1 saturated carbocycles. The highest BCUT2D eigenvalue weighted by Crippen LogP contribution is 2.36. The molecule has 6 nitrogen and oxygen atoms in total. The van der Waals surface area contributed by atoms with Gasteiger partial charge in [0.15, 0.2) is 11.6 Å². The SMILES string of the molecule is CCCCOC(c1ccccc1)C1CCCN(c2nsnc2N[C@H](CN)CC2CCCCC2)C1. The maximum Gasteiger partial charge on any atom is 0.186 e. The normalized spacial score (nSPS) is 21.4. The smallest absolute Gasteiger partial charge is 0.186 e. The van der Waals surface area contributed by atoms with E-state index >= 15 is 0 Å². The predicted octanol–water partition coefficient (Wildman–Crippen LogP) is 6.02. The molecule has 2 fully saturated rings. The lowest BCUT2D eigenvalue weighted by molar-refractivity contribution is 0.00452. The van der Waals surface area contributed by atoms with E-state index in [0.717, 1.165) is 62.9 Å². The molecule has 1 aromatic heterocycles. The van der Waals surface area contributed by atoms with E-state index in [2.05, 4.69) is 51.8 Å². The van der Waals surface area contributed by atoms with E-state index in [0.29, 0.717) is 12.5 Å². The van der Waals surface area contributed by atoms with Gasteiger partial charge in [0, 0.05) is 38.2 Å². The van der Waals surface area contributed by atoms with Crippen LogP contribution in [0.4, 0.5) is 11.6 Å². The number of aromatic nitrogens is 2. The maximum absolute atomic E-state index is 6.48. The van der Waals surface area contributed by atoms with Gasteiger partial charge in [-0.1, -0.05) is 75.8 Å². The number of rotatable bonds is 12. The van der Waals surface area contributed by atoms with Gasteiger partial charge in [-0.3, -0.25) is 0 Å². The number of unbranched alkanes of at least 4 members (excludes halogenated alkanes) is 1. The van der Waals surface area contributed by atoms with Crippen LogP contribution in [-0.2, 0) is 4.74 Å². The first-order valence-corrected chi connectivity index (χ1v) is 14.2. The molecule has 2 aliphatic rings. The quantitative estimate of drug-likeness (QED) is 0.358. The Kier molecular flexibility index (Phi) is 10.0. The van der Waals surface area contributed by atoms with Gasteiger partial charge in [0.25, 0.3) is 0 Å². The second kappa shape index (κ2) is 13.4. The van der Waals surface area contributed by atoms with Crippen molar-refractivity contribution in [2.45, 2.75) is 83.3 Å². The molecule has 0 amide bonds. The highest BCUT2D eigenvalue weighted by molar-refractivity contribution is 6.99. The molecule has 2 heterocycles. The number of benzene rings is 1. The number of nitrogens with one attached hydrogen (secondary N) is 1. The molecule has 1 aliphatic heterocycles. The van der Waals surface area contributed by atoms with Crippen LogP contribution in [0.2, 0.25) is 0 Å². The Hall–Kier alpha value is -1.70. The molecule has 4 rings (SSSR count). The standard InChI is InChI=1S/C27H43N5OS/c1-2-3-17-33-25(22-13-8-5-9-14-22)23-15-10-16-32(20-23)27-26(30-34-31-27)29-24(19-28)18-21-11-6-4-7-12-21/h5,8-9,13-14,21,23-25H,2-4,6-7,10-12,15-20,28H2,1H3,(H,29,30)/t23?,24-,25?/m0/s1. The Morgan fingerprint density at radius 2 is 1.94 bits per heavy atom. The van der Waals surface area contributed by atoms with E-state index in [1.165, 1.54) is 55.8 Å². The van der Waals surface area contributed by atoms with Crippen molar-refractivity contribution in [3.63, 3.8) is 0 Å². The number of nitrogens with two attached hydrogens (primary N) is 1. The van der Waals surface area contributed by atoms with Gasteiger partial charge in [-0.15, -0.1) is 0 Å². The highest BCUT2D eigenvalue weighted by atomic mass is 32.1. The van der Waals surface area contributed by atoms with Crippen molar-refractivity contribution in [3.05, 3.63) is 35.9 Å². The zero-order chi connectivity index (χ0) is 23.6. The van der Waals surface area contributed by atoms with Crippen LogP contribution in [0, 0.1) is 11.8 Å². The van der Waals surface area contributed by atoms with E-state index in [-0.39, 0.29) is 12.1 Å². The summed E-state index contributed by atoms with van der Waals surface area (Å²) >= 11 is 1.31. The predicted molar refractivity (Wildman–Crippen MR) is 143 cm³/mol. The van der Waals surface area contributed by atoms with E-state index in [4.69, 9.17) is 14.8 Å². The first-order valence-electron chi connectivity index (χ1n) is 13.5. The Bertz CT molecular complexity index is 825. The van der Waals surface area contributed by atoms with Crippen molar-refractivity contribution in [1.82, 2.24) is 8.75 Å². The van der Waals surface area contributed by atoms with Crippen LogP contribution in [-0.4, -0.2) is 41.0 Å². The maximum atomic E-state index is 6.48. The van der Waals surface area contributed by atoms with Crippen LogP contribution in [0.25, 0.3) is 0 Å². The first kappa shape index (κ1) is 25.4. The minimum atomic E-state index is 0.127. The van der Waals surface area contributed by atoms with Gasteiger partial charge >= 0.3 is 0 Å². The number of nitrogens with zero attached hydrogens (tertiary/aromatic N) is 3. The van der Waals surface area contributed by atoms with E-state index in [1.807, 2.05) is 0 Å². The third kappa shape index (κ3) is 6.92. The molecule has 2 unspecified atom stereocenters. The summed E-state index contributed by atoms with van der Waals surface area (Å²) in [7, 11) is 0. The van der Waals surface area contributed by atoms with Crippen LogP contribution >= 0.6 is 11.7 Å². The van der Waals surface area contributed by atoms with Gasteiger partial charge in [0.05, 0.1) is 17.8 Å². The third-order valence-electron chi connectivity index (χ3n) is 7.55. The first-order chi connectivity index (χ1) is 16.8. The Morgan fingerprint density at radius 1 is 1.12 bits per heavy atom. The van der Waals surface area contributed by atoms with Crippen LogP contribution in [0.5, 0.6) is 0 Å². The van der Waals surface area contributed by atoms with Crippen molar-refractivity contribution < 1.29 is 4.74 Å². The second-order valence-electron chi connectivity index (χ2n) is 10.2. The van der Waals surface area contributed by atoms with Gasteiger partial charge in [-0.05, 0) is 37.2 Å². The summed E-state index contributed by atoms with van der Waals surface area (Å²) in [6, 6.07) is 11.0. The molecular formula is C27H43N5OS. The van der Waals surface area contributed by atoms with Crippen molar-refractivity contribution in [2.75, 3.05) is 36.5 Å². The molecule has 1 aliphatic carbocycles. The topological polar surface area (TPSA) is 76.3 Å². The fraction of sp³-hybridized carbons (Fsp3) is 0.704. The molecule has 0 spiro atoms. The fourth-order valence-corrected chi connectivity index (χ4v) is 6.20. The van der Waals surface area contributed by atoms with Gasteiger partial charge in [0.2, 0.25) is 0 Å². The second-order valence-corrected chi connectivity index (χ2v) is 10.7. The molecular weight excluding hydrogens is 442 g/mol. The van der Waals surface area contributed by atoms with Crippen molar-refractivity contribution in [1.29, 1.82) is 0 Å². The van der Waals surface area contributed by atoms with Crippen LogP contribution in [0.3, 0.4) is 0 Å². The molecule has 188 valence electrons. The summed E-state index contributed by atoms with van der Waals surface area (Å²) in [5.41, 5.74) is 7.47. The number of piperidine rings is 1. The Labute approximate surface area is 210 Å². The molecule has 1 saturated heterocycles. The van der Waals surface area contributed by atoms with Crippen molar-refractivity contribution >= 4 is 23.4 Å². The molecule has 34 heavy (non-hydrogen) atoms. The van der Waals surface area contributed by atoms with E-state index in [1.54, 1.807) is 0 Å². The molecule has 7 heteroatoms. The summed E-state index contributed by atoms with van der Waals surface area (Å²) in [6.45, 7) is 5.63. The molecule has 0 bridgehead atoms. The van der Waals surface area contributed by atoms with Gasteiger partial charge in [-0.25, -0.2) is 0 Å². The van der Waals surface area contributed by atoms with E-state index in [9.17, 15) is 0 Å². The van der Waals surface area contributed by atoms with Crippen molar-refractivity contribution in [2.24, 2.45) is 17.6 Å². The molecule has 0 radical (unpaired) electrons. The lowest BCUT2D eigenvalue weighted by atomic mass is 9.85. The molecule has 3 atom stereocenters. The van der Waals surface area contributed by atoms with Gasteiger partial charge in [-0.2, -0.15) is 8.75 Å². The Morgan fingerprint density at radius 3 is 2.71 bits per heavy atom.